The average Bonchev–Trinajstić information content (AvgIpc) is 2.98. The van der Waals surface area contributed by atoms with Gasteiger partial charge in [0.2, 0.25) is 0 Å². The summed E-state index contributed by atoms with van der Waals surface area (Å²) in [6, 6.07) is 13.2. The van der Waals surface area contributed by atoms with Crippen molar-refractivity contribution in [1.29, 1.82) is 0 Å². The number of nitrogens with zero attached hydrogens (tertiary/aromatic N) is 1. The van der Waals surface area contributed by atoms with Crippen molar-refractivity contribution >= 4 is 11.9 Å². The number of nitrogens with one attached hydrogen (secondary N) is 1. The Balaban J connectivity index is 1.80. The third-order valence-corrected chi connectivity index (χ3v) is 3.12. The quantitative estimate of drug-likeness (QED) is 0.670. The summed E-state index contributed by atoms with van der Waals surface area (Å²) < 4.78 is 38.8. The first-order valence-electron chi connectivity index (χ1n) is 6.56. The summed E-state index contributed by atoms with van der Waals surface area (Å²) in [5.74, 6) is -2.14. The Morgan fingerprint density at radius 2 is 1.59 bits per heavy atom. The van der Waals surface area contributed by atoms with Gasteiger partial charge in [-0.1, -0.05) is 0 Å². The van der Waals surface area contributed by atoms with Gasteiger partial charge < -0.3 is 4.98 Å². The molecule has 0 atom stereocenters. The molecule has 2 nitrogen and oxygen atoms in total. The van der Waals surface area contributed by atoms with Crippen molar-refractivity contribution in [3.05, 3.63) is 77.7 Å². The highest BCUT2D eigenvalue weighted by Crippen LogP contribution is 2.19. The lowest BCUT2D eigenvalue weighted by Gasteiger charge is -1.97. The summed E-state index contributed by atoms with van der Waals surface area (Å²) in [5.41, 5.74) is 2.67. The van der Waals surface area contributed by atoms with E-state index < -0.39 is 11.6 Å². The molecule has 1 heterocycles. The standard InChI is InChI=1S/C17H11F3N2/c18-12-3-1-11(2-4-12)17-8-6-14(22-17)10-21-13-5-7-15(19)16(20)9-13/h1-10,22H. The van der Waals surface area contributed by atoms with Crippen LogP contribution in [0.25, 0.3) is 11.3 Å². The number of aromatic amines is 1. The van der Waals surface area contributed by atoms with Gasteiger partial charge >= 0.3 is 0 Å². The summed E-state index contributed by atoms with van der Waals surface area (Å²) in [6.07, 6.45) is 1.51. The minimum absolute atomic E-state index is 0.296. The van der Waals surface area contributed by atoms with Crippen molar-refractivity contribution in [3.63, 3.8) is 0 Å². The molecule has 5 heteroatoms. The second-order valence-electron chi connectivity index (χ2n) is 4.69. The molecule has 0 radical (unpaired) electrons. The van der Waals surface area contributed by atoms with Crippen molar-refractivity contribution in [1.82, 2.24) is 4.98 Å². The zero-order valence-electron chi connectivity index (χ0n) is 11.4. The van der Waals surface area contributed by atoms with E-state index in [2.05, 4.69) is 9.98 Å². The number of aliphatic imine (C=N–C) groups is 1. The number of rotatable bonds is 3. The molecule has 1 aromatic heterocycles. The predicted octanol–water partition coefficient (Wildman–Crippen LogP) is 4.85. The van der Waals surface area contributed by atoms with Gasteiger partial charge in [0.1, 0.15) is 5.82 Å². The summed E-state index contributed by atoms with van der Waals surface area (Å²) in [4.78, 5) is 7.18. The Hall–Kier alpha value is -2.82. The second-order valence-corrected chi connectivity index (χ2v) is 4.69. The summed E-state index contributed by atoms with van der Waals surface area (Å²) in [7, 11) is 0. The highest BCUT2D eigenvalue weighted by molar-refractivity contribution is 5.81. The van der Waals surface area contributed by atoms with E-state index in [9.17, 15) is 13.2 Å². The molecule has 1 N–H and O–H groups in total. The fourth-order valence-corrected chi connectivity index (χ4v) is 1.99. The Labute approximate surface area is 125 Å². The zero-order chi connectivity index (χ0) is 15.5. The topological polar surface area (TPSA) is 28.1 Å². The second kappa shape index (κ2) is 5.89. The lowest BCUT2D eigenvalue weighted by Crippen LogP contribution is -1.84. The van der Waals surface area contributed by atoms with Crippen LogP contribution in [-0.4, -0.2) is 11.2 Å². The highest BCUT2D eigenvalue weighted by atomic mass is 19.2. The minimum Gasteiger partial charge on any atom is -0.354 e. The number of aromatic nitrogens is 1. The highest BCUT2D eigenvalue weighted by Gasteiger charge is 2.02. The lowest BCUT2D eigenvalue weighted by molar-refractivity contribution is 0.509. The molecule has 0 spiro atoms. The summed E-state index contributed by atoms with van der Waals surface area (Å²) in [5, 5.41) is 0. The number of hydrogen-bond donors (Lipinski definition) is 1. The SMILES string of the molecule is Fc1ccc(-c2ccc(C=Nc3ccc(F)c(F)c3)[nH]2)cc1. The van der Waals surface area contributed by atoms with Crippen molar-refractivity contribution in [2.24, 2.45) is 4.99 Å². The van der Waals surface area contributed by atoms with Gasteiger partial charge in [0.05, 0.1) is 17.6 Å². The molecule has 0 saturated carbocycles. The van der Waals surface area contributed by atoms with Gasteiger partial charge in [-0.15, -0.1) is 0 Å². The molecular formula is C17H11F3N2. The van der Waals surface area contributed by atoms with Crippen LogP contribution in [0.3, 0.4) is 0 Å². The van der Waals surface area contributed by atoms with E-state index in [0.29, 0.717) is 11.4 Å². The smallest absolute Gasteiger partial charge is 0.160 e. The van der Waals surface area contributed by atoms with E-state index in [-0.39, 0.29) is 5.82 Å². The summed E-state index contributed by atoms with van der Waals surface area (Å²) >= 11 is 0. The van der Waals surface area contributed by atoms with E-state index in [1.807, 2.05) is 6.07 Å². The molecule has 3 rings (SSSR count). The van der Waals surface area contributed by atoms with Gasteiger partial charge in [-0.3, -0.25) is 4.99 Å². The van der Waals surface area contributed by atoms with Crippen LogP contribution in [0.5, 0.6) is 0 Å². The fourth-order valence-electron chi connectivity index (χ4n) is 1.99. The Morgan fingerprint density at radius 1 is 0.818 bits per heavy atom. The molecule has 0 amide bonds. The maximum Gasteiger partial charge on any atom is 0.160 e. The van der Waals surface area contributed by atoms with Gasteiger partial charge in [0.15, 0.2) is 11.6 Å². The molecule has 22 heavy (non-hydrogen) atoms. The molecule has 0 saturated heterocycles. The van der Waals surface area contributed by atoms with Crippen LogP contribution < -0.4 is 0 Å². The first kappa shape index (κ1) is 14.1. The first-order valence-corrected chi connectivity index (χ1v) is 6.56. The molecule has 110 valence electrons. The number of H-pyrrole nitrogens is 1. The molecule has 0 aliphatic rings. The largest absolute Gasteiger partial charge is 0.354 e. The van der Waals surface area contributed by atoms with Crippen molar-refractivity contribution in [2.75, 3.05) is 0 Å². The lowest BCUT2D eigenvalue weighted by atomic mass is 10.1. The van der Waals surface area contributed by atoms with Crippen LogP contribution in [0.1, 0.15) is 5.69 Å². The molecular weight excluding hydrogens is 289 g/mol. The first-order chi connectivity index (χ1) is 10.6. The molecule has 0 fully saturated rings. The van der Waals surface area contributed by atoms with Crippen LogP contribution in [-0.2, 0) is 0 Å². The maximum atomic E-state index is 13.1. The Kier molecular flexibility index (Phi) is 3.78. The Bertz CT molecular complexity index is 820. The van der Waals surface area contributed by atoms with Gasteiger partial charge in [-0.2, -0.15) is 0 Å². The van der Waals surface area contributed by atoms with E-state index >= 15 is 0 Å². The number of benzene rings is 2. The molecule has 0 unspecified atom stereocenters. The minimum atomic E-state index is -0.937. The average molecular weight is 300 g/mol. The van der Waals surface area contributed by atoms with Gasteiger partial charge in [0, 0.05) is 11.8 Å². The van der Waals surface area contributed by atoms with Gasteiger partial charge in [0.25, 0.3) is 0 Å². The fraction of sp³-hybridized carbons (Fsp3) is 0. The monoisotopic (exact) mass is 300 g/mol. The molecule has 0 aliphatic carbocycles. The van der Waals surface area contributed by atoms with Crippen LogP contribution in [0.15, 0.2) is 59.6 Å². The van der Waals surface area contributed by atoms with E-state index in [0.717, 1.165) is 23.4 Å². The van der Waals surface area contributed by atoms with Crippen molar-refractivity contribution < 1.29 is 13.2 Å². The van der Waals surface area contributed by atoms with Crippen molar-refractivity contribution in [2.45, 2.75) is 0 Å². The molecule has 2 aromatic carbocycles. The molecule has 3 aromatic rings. The maximum absolute atomic E-state index is 13.1. The van der Waals surface area contributed by atoms with E-state index in [4.69, 9.17) is 0 Å². The van der Waals surface area contributed by atoms with Crippen LogP contribution in [0.2, 0.25) is 0 Å². The molecule has 0 aliphatic heterocycles. The zero-order valence-corrected chi connectivity index (χ0v) is 11.4. The van der Waals surface area contributed by atoms with Gasteiger partial charge in [-0.25, -0.2) is 13.2 Å². The third kappa shape index (κ3) is 3.09. The summed E-state index contributed by atoms with van der Waals surface area (Å²) in [6.45, 7) is 0. The van der Waals surface area contributed by atoms with Crippen LogP contribution >= 0.6 is 0 Å². The van der Waals surface area contributed by atoms with E-state index in [1.54, 1.807) is 18.2 Å². The normalized spacial score (nSPS) is 11.2. The Morgan fingerprint density at radius 3 is 2.32 bits per heavy atom. The van der Waals surface area contributed by atoms with Crippen LogP contribution in [0.4, 0.5) is 18.9 Å². The van der Waals surface area contributed by atoms with Crippen LogP contribution in [0, 0.1) is 17.5 Å². The predicted molar refractivity (Wildman–Crippen MR) is 79.8 cm³/mol. The van der Waals surface area contributed by atoms with Crippen molar-refractivity contribution in [3.8, 4) is 11.3 Å². The van der Waals surface area contributed by atoms with E-state index in [1.165, 1.54) is 24.4 Å². The number of hydrogen-bond acceptors (Lipinski definition) is 1. The molecule has 0 bridgehead atoms. The van der Waals surface area contributed by atoms with Gasteiger partial charge in [-0.05, 0) is 54.1 Å². The third-order valence-electron chi connectivity index (χ3n) is 3.12. The number of halogens is 3.